The van der Waals surface area contributed by atoms with E-state index in [1.165, 1.54) is 0 Å². The monoisotopic (exact) mass is 425 g/mol. The van der Waals surface area contributed by atoms with Crippen LogP contribution in [-0.2, 0) is 20.8 Å². The molecular weight excluding hydrogens is 405 g/mol. The van der Waals surface area contributed by atoms with Crippen LogP contribution in [0, 0.1) is 0 Å². The van der Waals surface area contributed by atoms with Gasteiger partial charge in [-0.05, 0) is 31.9 Å². The van der Waals surface area contributed by atoms with Crippen LogP contribution < -0.4 is 0 Å². The molecule has 0 spiro atoms. The van der Waals surface area contributed by atoms with Gasteiger partial charge in [-0.15, -0.1) is 0 Å². The van der Waals surface area contributed by atoms with E-state index in [2.05, 4.69) is 5.16 Å². The zero-order valence-electron chi connectivity index (χ0n) is 15.4. The van der Waals surface area contributed by atoms with Crippen molar-refractivity contribution in [3.8, 4) is 11.3 Å². The first-order chi connectivity index (χ1) is 13.5. The maximum absolute atomic E-state index is 10.1. The summed E-state index contributed by atoms with van der Waals surface area (Å²) in [6.07, 6.45) is 0.903. The average Bonchev–Trinajstić information content (AvgIpc) is 3.26. The van der Waals surface area contributed by atoms with Crippen molar-refractivity contribution < 1.29 is 23.8 Å². The van der Waals surface area contributed by atoms with Crippen LogP contribution in [-0.4, -0.2) is 47.4 Å². The fraction of sp³-hybridized carbons (Fsp3) is 0.550. The molecular formula is C20H21Cl2NO5. The van der Waals surface area contributed by atoms with Gasteiger partial charge in [-0.3, -0.25) is 0 Å². The lowest BCUT2D eigenvalue weighted by Gasteiger charge is -2.25. The highest BCUT2D eigenvalue weighted by Crippen LogP contribution is 2.46. The maximum Gasteiger partial charge on any atom is 0.145 e. The minimum absolute atomic E-state index is 0.252. The van der Waals surface area contributed by atoms with E-state index in [0.29, 0.717) is 33.8 Å². The van der Waals surface area contributed by atoms with E-state index < -0.39 is 11.7 Å². The highest BCUT2D eigenvalue weighted by Gasteiger charge is 2.57. The van der Waals surface area contributed by atoms with Gasteiger partial charge in [0.05, 0.1) is 29.9 Å². The maximum atomic E-state index is 10.1. The fourth-order valence-corrected chi connectivity index (χ4v) is 4.67. The van der Waals surface area contributed by atoms with Crippen LogP contribution in [0.1, 0.15) is 37.0 Å². The number of hydrogen-bond acceptors (Lipinski definition) is 6. The third-order valence-corrected chi connectivity index (χ3v) is 6.59. The lowest BCUT2D eigenvalue weighted by atomic mass is 9.95. The predicted octanol–water partition coefficient (Wildman–Crippen LogP) is 3.96. The van der Waals surface area contributed by atoms with E-state index in [1.54, 1.807) is 18.2 Å². The first kappa shape index (κ1) is 18.9. The normalized spacial score (nSPS) is 32.1. The molecule has 1 aromatic heterocycles. The molecule has 0 unspecified atom stereocenters. The number of nitrogens with zero attached hydrogens (tertiary/aromatic N) is 1. The van der Waals surface area contributed by atoms with Crippen molar-refractivity contribution in [1.29, 1.82) is 0 Å². The number of aromatic nitrogens is 1. The second-order valence-electron chi connectivity index (χ2n) is 7.86. The van der Waals surface area contributed by atoms with Crippen molar-refractivity contribution >= 4 is 23.2 Å². The van der Waals surface area contributed by atoms with Gasteiger partial charge < -0.3 is 23.8 Å². The number of ether oxygens (including phenoxy) is 3. The molecule has 1 N–H and O–H groups in total. The van der Waals surface area contributed by atoms with Crippen LogP contribution in [0.2, 0.25) is 10.0 Å². The first-order valence-electron chi connectivity index (χ1n) is 9.47. The van der Waals surface area contributed by atoms with Gasteiger partial charge in [0.2, 0.25) is 0 Å². The Balaban J connectivity index is 1.43. The molecule has 1 saturated carbocycles. The molecule has 2 aromatic rings. The Morgan fingerprint density at radius 1 is 1.25 bits per heavy atom. The number of benzene rings is 1. The smallest absolute Gasteiger partial charge is 0.145 e. The molecule has 3 fully saturated rings. The van der Waals surface area contributed by atoms with Gasteiger partial charge in [-0.2, -0.15) is 0 Å². The second-order valence-corrected chi connectivity index (χ2v) is 8.67. The quantitative estimate of drug-likeness (QED) is 0.781. The number of fused-ring (bicyclic) bond motifs is 1. The summed E-state index contributed by atoms with van der Waals surface area (Å²) in [7, 11) is 0. The molecule has 5 rings (SSSR count). The van der Waals surface area contributed by atoms with Crippen molar-refractivity contribution in [1.82, 2.24) is 5.16 Å². The number of aliphatic hydroxyl groups excluding tert-OH is 1. The predicted molar refractivity (Wildman–Crippen MR) is 103 cm³/mol. The van der Waals surface area contributed by atoms with Gasteiger partial charge in [0.15, 0.2) is 0 Å². The summed E-state index contributed by atoms with van der Waals surface area (Å²) in [4.78, 5) is 0. The van der Waals surface area contributed by atoms with E-state index in [0.717, 1.165) is 24.2 Å². The van der Waals surface area contributed by atoms with E-state index in [-0.39, 0.29) is 25.4 Å². The largest absolute Gasteiger partial charge is 0.388 e. The summed E-state index contributed by atoms with van der Waals surface area (Å²) in [6.45, 7) is 2.77. The van der Waals surface area contributed by atoms with Gasteiger partial charge in [-0.25, -0.2) is 0 Å². The van der Waals surface area contributed by atoms with Gasteiger partial charge in [-0.1, -0.05) is 34.4 Å². The van der Waals surface area contributed by atoms with Crippen LogP contribution in [0.5, 0.6) is 0 Å². The van der Waals surface area contributed by atoms with E-state index in [4.69, 9.17) is 41.9 Å². The molecule has 3 aliphatic rings. The summed E-state index contributed by atoms with van der Waals surface area (Å²) in [5.41, 5.74) is 1.41. The van der Waals surface area contributed by atoms with Crippen molar-refractivity contribution in [3.05, 3.63) is 39.6 Å². The molecule has 0 bridgehead atoms. The number of hydrogen-bond donors (Lipinski definition) is 1. The van der Waals surface area contributed by atoms with Gasteiger partial charge in [0.25, 0.3) is 0 Å². The van der Waals surface area contributed by atoms with E-state index in [1.807, 2.05) is 6.92 Å². The molecule has 2 aliphatic heterocycles. The molecule has 1 aromatic carbocycles. The van der Waals surface area contributed by atoms with Crippen LogP contribution in [0.15, 0.2) is 22.7 Å². The number of rotatable bonds is 5. The van der Waals surface area contributed by atoms with E-state index in [9.17, 15) is 5.11 Å². The van der Waals surface area contributed by atoms with Crippen molar-refractivity contribution in [2.45, 2.75) is 56.2 Å². The molecule has 28 heavy (non-hydrogen) atoms. The molecule has 2 saturated heterocycles. The Morgan fingerprint density at radius 3 is 2.71 bits per heavy atom. The molecule has 0 radical (unpaired) electrons. The van der Waals surface area contributed by atoms with Crippen molar-refractivity contribution in [3.63, 3.8) is 0 Å². The zero-order valence-corrected chi connectivity index (χ0v) is 16.9. The highest BCUT2D eigenvalue weighted by atomic mass is 35.5. The van der Waals surface area contributed by atoms with Gasteiger partial charge in [0.1, 0.15) is 35.4 Å². The highest BCUT2D eigenvalue weighted by molar-refractivity contribution is 6.39. The van der Waals surface area contributed by atoms with Crippen LogP contribution in [0.4, 0.5) is 0 Å². The van der Waals surface area contributed by atoms with Crippen molar-refractivity contribution in [2.24, 2.45) is 0 Å². The minimum atomic E-state index is -0.729. The minimum Gasteiger partial charge on any atom is -0.388 e. The lowest BCUT2D eigenvalue weighted by Crippen LogP contribution is -2.44. The third-order valence-electron chi connectivity index (χ3n) is 5.96. The molecule has 1 aliphatic carbocycles. The van der Waals surface area contributed by atoms with Crippen LogP contribution in [0.3, 0.4) is 0 Å². The van der Waals surface area contributed by atoms with Gasteiger partial charge >= 0.3 is 0 Å². The Kier molecular flexibility index (Phi) is 4.69. The summed E-state index contributed by atoms with van der Waals surface area (Å²) in [5.74, 6) is 1.19. The Hall–Kier alpha value is -1.15. The third kappa shape index (κ3) is 2.98. The average molecular weight is 426 g/mol. The molecule has 0 amide bonds. The molecule has 8 heteroatoms. The standard InChI is InChI=1S/C20H21Cl2NO5/c1-20-15(24)9-26-19(20)14(8-27-20)25-7-11-17(23-28-18(11)10-5-6-10)16-12(21)3-2-4-13(16)22/h2-4,10,14-15,19,24H,5-9H2,1H3/t14-,15+,19+,20+/m0/s1. The Bertz CT molecular complexity index is 878. The zero-order chi connectivity index (χ0) is 19.5. The molecule has 150 valence electrons. The van der Waals surface area contributed by atoms with E-state index >= 15 is 0 Å². The second kappa shape index (κ2) is 6.97. The molecule has 4 atom stereocenters. The molecule has 6 nitrogen and oxygen atoms in total. The summed E-state index contributed by atoms with van der Waals surface area (Å²) in [5, 5.41) is 15.5. The number of aliphatic hydroxyl groups is 1. The molecule has 3 heterocycles. The first-order valence-corrected chi connectivity index (χ1v) is 10.2. The number of halogens is 2. The van der Waals surface area contributed by atoms with Crippen molar-refractivity contribution in [2.75, 3.05) is 13.2 Å². The van der Waals surface area contributed by atoms with Crippen LogP contribution >= 0.6 is 23.2 Å². The lowest BCUT2D eigenvalue weighted by molar-refractivity contribution is -0.0621. The summed E-state index contributed by atoms with van der Waals surface area (Å²) in [6, 6.07) is 5.36. The Morgan fingerprint density at radius 2 is 2.00 bits per heavy atom. The topological polar surface area (TPSA) is 74.0 Å². The summed E-state index contributed by atoms with van der Waals surface area (Å²) >= 11 is 12.8. The SMILES string of the molecule is C[C@]12OC[C@H](OCc3c(-c4c(Cl)cccc4Cl)noc3C3CC3)[C@H]1OC[C@H]2O. The van der Waals surface area contributed by atoms with Gasteiger partial charge in [0, 0.05) is 17.0 Å². The Labute approximate surface area is 172 Å². The van der Waals surface area contributed by atoms with Crippen LogP contribution in [0.25, 0.3) is 11.3 Å². The fourth-order valence-electron chi connectivity index (χ4n) is 4.09. The summed E-state index contributed by atoms with van der Waals surface area (Å²) < 4.78 is 23.4.